The number of ether oxygens (including phenoxy) is 1. The smallest absolute Gasteiger partial charge is 0.310 e. The maximum Gasteiger partial charge on any atom is 0.310 e. The average Bonchev–Trinajstić information content (AvgIpc) is 2.98. The first-order chi connectivity index (χ1) is 9.04. The van der Waals surface area contributed by atoms with Crippen molar-refractivity contribution >= 4 is 11.9 Å². The monoisotopic (exact) mass is 272 g/mol. The molecule has 2 aliphatic carbocycles. The summed E-state index contributed by atoms with van der Waals surface area (Å²) in [6.45, 7) is -0.357. The highest BCUT2D eigenvalue weighted by molar-refractivity contribution is 5.82. The zero-order chi connectivity index (χ0) is 14.0. The lowest BCUT2D eigenvalue weighted by molar-refractivity contribution is -0.160. The summed E-state index contributed by atoms with van der Waals surface area (Å²) >= 11 is 0. The largest absolute Gasteiger partial charge is 0.481 e. The Hall–Kier alpha value is -1.14. The van der Waals surface area contributed by atoms with Crippen molar-refractivity contribution in [3.8, 4) is 0 Å². The Morgan fingerprint density at radius 3 is 2.42 bits per heavy atom. The van der Waals surface area contributed by atoms with Gasteiger partial charge in [-0.3, -0.25) is 9.59 Å². The summed E-state index contributed by atoms with van der Waals surface area (Å²) in [6, 6.07) is 0. The standard InChI is InChI=1S/C13H20O6/c14-6-9(15)3-4-19-13(18)11-8-2-1-7(5-8)10(11)12(16)17/h7-11,14-15H,1-6H2,(H,16,17). The van der Waals surface area contributed by atoms with E-state index in [1.165, 1.54) is 0 Å². The van der Waals surface area contributed by atoms with Crippen LogP contribution in [0.15, 0.2) is 0 Å². The molecule has 0 heterocycles. The van der Waals surface area contributed by atoms with E-state index in [-0.39, 0.29) is 31.5 Å². The number of carbonyl (C=O) groups excluding carboxylic acids is 1. The van der Waals surface area contributed by atoms with Crippen LogP contribution in [-0.4, -0.2) is 46.6 Å². The van der Waals surface area contributed by atoms with E-state index >= 15 is 0 Å². The van der Waals surface area contributed by atoms with E-state index in [0.29, 0.717) is 0 Å². The molecule has 0 aromatic heterocycles. The van der Waals surface area contributed by atoms with Gasteiger partial charge in [-0.15, -0.1) is 0 Å². The fourth-order valence-electron chi connectivity index (χ4n) is 3.47. The molecule has 0 saturated heterocycles. The summed E-state index contributed by atoms with van der Waals surface area (Å²) < 4.78 is 5.06. The topological polar surface area (TPSA) is 104 Å². The van der Waals surface area contributed by atoms with Gasteiger partial charge < -0.3 is 20.1 Å². The average molecular weight is 272 g/mol. The molecule has 2 bridgehead atoms. The highest BCUT2D eigenvalue weighted by Gasteiger charge is 2.54. The SMILES string of the molecule is O=C(O)C1C2CCC(C2)C1C(=O)OCCC(O)CO. The second kappa shape index (κ2) is 5.88. The van der Waals surface area contributed by atoms with Crippen molar-refractivity contribution in [2.45, 2.75) is 31.8 Å². The lowest BCUT2D eigenvalue weighted by Crippen LogP contribution is -2.36. The fraction of sp³-hybridized carbons (Fsp3) is 0.846. The van der Waals surface area contributed by atoms with Crippen LogP contribution in [0.25, 0.3) is 0 Å². The van der Waals surface area contributed by atoms with E-state index in [9.17, 15) is 14.7 Å². The van der Waals surface area contributed by atoms with Gasteiger partial charge in [-0.05, 0) is 31.1 Å². The Morgan fingerprint density at radius 2 is 1.84 bits per heavy atom. The molecule has 6 heteroatoms. The second-order valence-electron chi connectivity index (χ2n) is 5.52. The minimum Gasteiger partial charge on any atom is -0.481 e. The van der Waals surface area contributed by atoms with Gasteiger partial charge in [0.05, 0.1) is 31.2 Å². The van der Waals surface area contributed by atoms with E-state index in [2.05, 4.69) is 0 Å². The van der Waals surface area contributed by atoms with E-state index in [1.807, 2.05) is 0 Å². The molecule has 2 aliphatic rings. The lowest BCUT2D eigenvalue weighted by Gasteiger charge is -2.26. The first-order valence-corrected chi connectivity index (χ1v) is 6.73. The first-order valence-electron chi connectivity index (χ1n) is 6.73. The molecule has 5 unspecified atom stereocenters. The molecule has 0 amide bonds. The molecule has 5 atom stereocenters. The van der Waals surface area contributed by atoms with Crippen molar-refractivity contribution < 1.29 is 29.6 Å². The van der Waals surface area contributed by atoms with Gasteiger partial charge >= 0.3 is 11.9 Å². The zero-order valence-corrected chi connectivity index (χ0v) is 10.7. The quantitative estimate of drug-likeness (QED) is 0.589. The number of carboxylic acids is 1. The number of carboxylic acid groups (broad SMARTS) is 1. The number of hydrogen-bond acceptors (Lipinski definition) is 5. The lowest BCUT2D eigenvalue weighted by atomic mass is 9.79. The molecule has 3 N–H and O–H groups in total. The second-order valence-corrected chi connectivity index (χ2v) is 5.52. The summed E-state index contributed by atoms with van der Waals surface area (Å²) in [6.07, 6.45) is 1.85. The summed E-state index contributed by atoms with van der Waals surface area (Å²) in [4.78, 5) is 23.2. The predicted octanol–water partition coefficient (Wildman–Crippen LogP) is 0.0198. The van der Waals surface area contributed by atoms with Crippen molar-refractivity contribution in [1.82, 2.24) is 0 Å². The van der Waals surface area contributed by atoms with Crippen molar-refractivity contribution in [1.29, 1.82) is 0 Å². The molecular formula is C13H20O6. The Bertz CT molecular complexity index is 355. The van der Waals surface area contributed by atoms with Crippen LogP contribution in [0.2, 0.25) is 0 Å². The van der Waals surface area contributed by atoms with E-state index < -0.39 is 29.9 Å². The number of fused-ring (bicyclic) bond motifs is 2. The van der Waals surface area contributed by atoms with Crippen LogP contribution in [0.3, 0.4) is 0 Å². The van der Waals surface area contributed by atoms with Gasteiger partial charge in [-0.2, -0.15) is 0 Å². The van der Waals surface area contributed by atoms with Crippen LogP contribution in [0.5, 0.6) is 0 Å². The van der Waals surface area contributed by atoms with Crippen molar-refractivity contribution in [3.63, 3.8) is 0 Å². The van der Waals surface area contributed by atoms with Crippen LogP contribution in [-0.2, 0) is 14.3 Å². The molecule has 19 heavy (non-hydrogen) atoms. The fourth-order valence-corrected chi connectivity index (χ4v) is 3.47. The Kier molecular flexibility index (Phi) is 4.42. The molecule has 6 nitrogen and oxygen atoms in total. The number of esters is 1. The molecule has 108 valence electrons. The molecule has 0 aromatic rings. The predicted molar refractivity (Wildman–Crippen MR) is 64.1 cm³/mol. The molecule has 0 spiro atoms. The maximum absolute atomic E-state index is 12.0. The van der Waals surface area contributed by atoms with Gasteiger partial charge in [0, 0.05) is 6.42 Å². The van der Waals surface area contributed by atoms with Gasteiger partial charge in [-0.1, -0.05) is 0 Å². The number of hydrogen-bond donors (Lipinski definition) is 3. The third-order valence-corrected chi connectivity index (χ3v) is 4.38. The number of aliphatic hydroxyl groups excluding tert-OH is 2. The van der Waals surface area contributed by atoms with Gasteiger partial charge in [-0.25, -0.2) is 0 Å². The van der Waals surface area contributed by atoms with Gasteiger partial charge in [0.25, 0.3) is 0 Å². The molecule has 0 radical (unpaired) electrons. The summed E-state index contributed by atoms with van der Waals surface area (Å²) in [5.74, 6) is -2.31. The first kappa shape index (κ1) is 14.3. The van der Waals surface area contributed by atoms with Crippen LogP contribution in [0.4, 0.5) is 0 Å². The summed E-state index contributed by atoms with van der Waals surface area (Å²) in [7, 11) is 0. The minimum atomic E-state index is -0.912. The van der Waals surface area contributed by atoms with Crippen molar-refractivity contribution in [3.05, 3.63) is 0 Å². The van der Waals surface area contributed by atoms with Crippen LogP contribution < -0.4 is 0 Å². The van der Waals surface area contributed by atoms with Crippen LogP contribution in [0.1, 0.15) is 25.7 Å². The summed E-state index contributed by atoms with van der Waals surface area (Å²) in [5.41, 5.74) is 0. The van der Waals surface area contributed by atoms with E-state index in [4.69, 9.17) is 14.9 Å². The Balaban J connectivity index is 1.89. The number of carbonyl (C=O) groups is 2. The zero-order valence-electron chi connectivity index (χ0n) is 10.7. The van der Waals surface area contributed by atoms with E-state index in [1.54, 1.807) is 0 Å². The maximum atomic E-state index is 12.0. The van der Waals surface area contributed by atoms with Gasteiger partial charge in [0.2, 0.25) is 0 Å². The third-order valence-electron chi connectivity index (χ3n) is 4.38. The normalized spacial score (nSPS) is 34.2. The Labute approximate surface area is 111 Å². The number of rotatable bonds is 6. The molecule has 2 saturated carbocycles. The third kappa shape index (κ3) is 2.90. The van der Waals surface area contributed by atoms with Crippen LogP contribution >= 0.6 is 0 Å². The van der Waals surface area contributed by atoms with Crippen molar-refractivity contribution in [2.24, 2.45) is 23.7 Å². The van der Waals surface area contributed by atoms with Gasteiger partial charge in [0.15, 0.2) is 0 Å². The Morgan fingerprint density at radius 1 is 1.21 bits per heavy atom. The summed E-state index contributed by atoms with van der Waals surface area (Å²) in [5, 5.41) is 27.0. The molecular weight excluding hydrogens is 252 g/mol. The number of aliphatic carboxylic acids is 1. The highest BCUT2D eigenvalue weighted by Crippen LogP contribution is 2.52. The molecule has 0 aliphatic heterocycles. The molecule has 2 fully saturated rings. The molecule has 0 aromatic carbocycles. The number of aliphatic hydroxyl groups is 2. The van der Waals surface area contributed by atoms with Crippen molar-refractivity contribution in [2.75, 3.05) is 13.2 Å². The van der Waals surface area contributed by atoms with E-state index in [0.717, 1.165) is 19.3 Å². The highest BCUT2D eigenvalue weighted by atomic mass is 16.5. The van der Waals surface area contributed by atoms with Crippen LogP contribution in [0, 0.1) is 23.7 Å². The molecule has 2 rings (SSSR count). The van der Waals surface area contributed by atoms with Gasteiger partial charge in [0.1, 0.15) is 0 Å². The minimum absolute atomic E-state index is 0.0147.